The second-order valence-electron chi connectivity index (χ2n) is 7.63. The van der Waals surface area contributed by atoms with Gasteiger partial charge in [0.15, 0.2) is 6.61 Å². The number of rotatable bonds is 7. The van der Waals surface area contributed by atoms with Crippen molar-refractivity contribution in [2.75, 3.05) is 32.1 Å². The van der Waals surface area contributed by atoms with Crippen molar-refractivity contribution in [2.45, 2.75) is 18.9 Å². The van der Waals surface area contributed by atoms with Crippen LogP contribution in [-0.4, -0.2) is 53.1 Å². The number of anilines is 1. The highest BCUT2D eigenvalue weighted by atomic mass is 16.5. The molecule has 2 aromatic carbocycles. The van der Waals surface area contributed by atoms with Crippen LogP contribution in [0.15, 0.2) is 67.3 Å². The molecule has 1 aliphatic heterocycles. The molecule has 0 atom stereocenters. The van der Waals surface area contributed by atoms with E-state index >= 15 is 0 Å². The van der Waals surface area contributed by atoms with E-state index in [4.69, 9.17) is 9.47 Å². The van der Waals surface area contributed by atoms with E-state index < -0.39 is 0 Å². The van der Waals surface area contributed by atoms with E-state index in [1.54, 1.807) is 61.8 Å². The zero-order chi connectivity index (χ0) is 22.3. The molecule has 0 bridgehead atoms. The fraction of sp³-hybridized carbons (Fsp3) is 0.292. The number of piperidine rings is 1. The summed E-state index contributed by atoms with van der Waals surface area (Å²) in [5.74, 6) is 0.923. The maximum atomic E-state index is 12.8. The Kier molecular flexibility index (Phi) is 6.69. The van der Waals surface area contributed by atoms with Gasteiger partial charge >= 0.3 is 0 Å². The van der Waals surface area contributed by atoms with Crippen molar-refractivity contribution < 1.29 is 19.1 Å². The molecule has 2 amide bonds. The van der Waals surface area contributed by atoms with Crippen LogP contribution >= 0.6 is 0 Å². The van der Waals surface area contributed by atoms with Gasteiger partial charge in [-0.15, -0.1) is 0 Å². The molecule has 0 saturated carbocycles. The third-order valence-corrected chi connectivity index (χ3v) is 5.52. The van der Waals surface area contributed by atoms with Crippen molar-refractivity contribution in [2.24, 2.45) is 0 Å². The Bertz CT molecular complexity index is 1040. The standard InChI is InChI=1S/C24H26N4O4/c1-31-22-4-2-3-19(15-22)26-23(29)16-32-21-7-5-18(6-8-21)24(30)27-12-9-20(10-13-27)28-14-11-25-17-28/h2-8,11,14-15,17,20H,9-10,12-13,16H2,1H3,(H,26,29). The van der Waals surface area contributed by atoms with E-state index in [9.17, 15) is 9.59 Å². The lowest BCUT2D eigenvalue weighted by atomic mass is 10.0. The molecule has 1 aliphatic rings. The van der Waals surface area contributed by atoms with Gasteiger partial charge in [0.25, 0.3) is 11.8 Å². The van der Waals surface area contributed by atoms with Crippen molar-refractivity contribution in [1.82, 2.24) is 14.5 Å². The van der Waals surface area contributed by atoms with Gasteiger partial charge in [-0.2, -0.15) is 0 Å². The van der Waals surface area contributed by atoms with Gasteiger partial charge < -0.3 is 24.3 Å². The lowest BCUT2D eigenvalue weighted by Crippen LogP contribution is -2.38. The lowest BCUT2D eigenvalue weighted by molar-refractivity contribution is -0.118. The number of ether oxygens (including phenoxy) is 2. The molecule has 2 heterocycles. The normalized spacial score (nSPS) is 14.1. The maximum Gasteiger partial charge on any atom is 0.262 e. The summed E-state index contributed by atoms with van der Waals surface area (Å²) >= 11 is 0. The van der Waals surface area contributed by atoms with E-state index in [-0.39, 0.29) is 18.4 Å². The average molecular weight is 434 g/mol. The number of carbonyl (C=O) groups is 2. The van der Waals surface area contributed by atoms with Gasteiger partial charge in [-0.05, 0) is 49.2 Å². The molecule has 1 fully saturated rings. The highest BCUT2D eigenvalue weighted by Crippen LogP contribution is 2.24. The minimum absolute atomic E-state index is 0.0106. The van der Waals surface area contributed by atoms with E-state index in [1.165, 1.54) is 0 Å². The molecule has 3 aromatic rings. The van der Waals surface area contributed by atoms with Gasteiger partial charge in [0, 0.05) is 48.8 Å². The zero-order valence-electron chi connectivity index (χ0n) is 17.9. The largest absolute Gasteiger partial charge is 0.497 e. The van der Waals surface area contributed by atoms with Crippen molar-refractivity contribution in [3.05, 3.63) is 72.8 Å². The molecule has 1 aromatic heterocycles. The van der Waals surface area contributed by atoms with E-state index in [0.717, 1.165) is 12.8 Å². The first-order valence-corrected chi connectivity index (χ1v) is 10.6. The second kappa shape index (κ2) is 10.00. The van der Waals surface area contributed by atoms with Gasteiger partial charge in [-0.1, -0.05) is 6.07 Å². The Morgan fingerprint density at radius 2 is 1.88 bits per heavy atom. The smallest absolute Gasteiger partial charge is 0.262 e. The third kappa shape index (κ3) is 5.26. The van der Waals surface area contributed by atoms with Gasteiger partial charge in [0.2, 0.25) is 0 Å². The van der Waals surface area contributed by atoms with E-state index in [0.29, 0.717) is 41.9 Å². The topological polar surface area (TPSA) is 85.7 Å². The molecular weight excluding hydrogens is 408 g/mol. The minimum Gasteiger partial charge on any atom is -0.497 e. The highest BCUT2D eigenvalue weighted by Gasteiger charge is 2.24. The summed E-state index contributed by atoms with van der Waals surface area (Å²) in [5.41, 5.74) is 1.25. The molecule has 0 radical (unpaired) electrons. The number of hydrogen-bond donors (Lipinski definition) is 1. The number of methoxy groups -OCH3 is 1. The number of hydrogen-bond acceptors (Lipinski definition) is 5. The molecule has 1 N–H and O–H groups in total. The second-order valence-corrected chi connectivity index (χ2v) is 7.63. The third-order valence-electron chi connectivity index (χ3n) is 5.52. The Morgan fingerprint density at radius 1 is 1.09 bits per heavy atom. The molecule has 0 spiro atoms. The van der Waals surface area contributed by atoms with Crippen molar-refractivity contribution in [3.63, 3.8) is 0 Å². The van der Waals surface area contributed by atoms with E-state index in [2.05, 4.69) is 14.9 Å². The summed E-state index contributed by atoms with van der Waals surface area (Å²) in [6.07, 6.45) is 7.40. The van der Waals surface area contributed by atoms with Crippen LogP contribution in [0, 0.1) is 0 Å². The average Bonchev–Trinajstić information content (AvgIpc) is 3.38. The van der Waals surface area contributed by atoms with Crippen molar-refractivity contribution in [3.8, 4) is 11.5 Å². The Morgan fingerprint density at radius 3 is 2.56 bits per heavy atom. The maximum absolute atomic E-state index is 12.8. The number of nitrogens with zero attached hydrogens (tertiary/aromatic N) is 3. The van der Waals surface area contributed by atoms with Crippen LogP contribution in [0.1, 0.15) is 29.2 Å². The van der Waals surface area contributed by atoms with Crippen LogP contribution in [-0.2, 0) is 4.79 Å². The van der Waals surface area contributed by atoms with Crippen LogP contribution in [0.2, 0.25) is 0 Å². The molecule has 166 valence electrons. The number of benzene rings is 2. The van der Waals surface area contributed by atoms with Crippen LogP contribution in [0.25, 0.3) is 0 Å². The number of imidazole rings is 1. The predicted molar refractivity (Wildman–Crippen MR) is 120 cm³/mol. The summed E-state index contributed by atoms with van der Waals surface area (Å²) in [7, 11) is 1.57. The quantitative estimate of drug-likeness (QED) is 0.616. The van der Waals surface area contributed by atoms with Crippen LogP contribution in [0.4, 0.5) is 5.69 Å². The minimum atomic E-state index is -0.279. The summed E-state index contributed by atoms with van der Waals surface area (Å²) in [4.78, 5) is 30.9. The molecule has 0 aliphatic carbocycles. The number of amides is 2. The Balaban J connectivity index is 1.25. The van der Waals surface area contributed by atoms with Gasteiger partial charge in [-0.25, -0.2) is 4.98 Å². The van der Waals surface area contributed by atoms with E-state index in [1.807, 2.05) is 17.4 Å². The van der Waals surface area contributed by atoms with Crippen LogP contribution < -0.4 is 14.8 Å². The summed E-state index contributed by atoms with van der Waals surface area (Å²) in [6, 6.07) is 14.4. The number of carbonyl (C=O) groups excluding carboxylic acids is 2. The van der Waals surface area contributed by atoms with Crippen LogP contribution in [0.5, 0.6) is 11.5 Å². The van der Waals surface area contributed by atoms with Gasteiger partial charge in [0.1, 0.15) is 11.5 Å². The fourth-order valence-electron chi connectivity index (χ4n) is 3.78. The first-order chi connectivity index (χ1) is 15.6. The highest BCUT2D eigenvalue weighted by molar-refractivity contribution is 5.94. The Hall–Kier alpha value is -3.81. The monoisotopic (exact) mass is 434 g/mol. The molecule has 0 unspecified atom stereocenters. The molecule has 32 heavy (non-hydrogen) atoms. The first kappa shape index (κ1) is 21.4. The predicted octanol–water partition coefficient (Wildman–Crippen LogP) is 3.39. The molecule has 8 nitrogen and oxygen atoms in total. The SMILES string of the molecule is COc1cccc(NC(=O)COc2ccc(C(=O)N3CCC(n4ccnc4)CC3)cc2)c1. The number of aromatic nitrogens is 2. The summed E-state index contributed by atoms with van der Waals surface area (Å²) in [6.45, 7) is 1.29. The molecular formula is C24H26N4O4. The van der Waals surface area contributed by atoms with Gasteiger partial charge in [0.05, 0.1) is 13.4 Å². The summed E-state index contributed by atoms with van der Waals surface area (Å²) < 4.78 is 12.8. The van der Waals surface area contributed by atoms with Gasteiger partial charge in [-0.3, -0.25) is 9.59 Å². The van der Waals surface area contributed by atoms with Crippen molar-refractivity contribution in [1.29, 1.82) is 0 Å². The Labute approximate surface area is 186 Å². The fourth-order valence-corrected chi connectivity index (χ4v) is 3.78. The van der Waals surface area contributed by atoms with Crippen LogP contribution in [0.3, 0.4) is 0 Å². The number of likely N-dealkylation sites (tertiary alicyclic amines) is 1. The molecule has 4 rings (SSSR count). The summed E-state index contributed by atoms with van der Waals surface area (Å²) in [5, 5.41) is 2.76. The first-order valence-electron chi connectivity index (χ1n) is 10.6. The molecule has 1 saturated heterocycles. The van der Waals surface area contributed by atoms with Crippen molar-refractivity contribution >= 4 is 17.5 Å². The number of nitrogens with one attached hydrogen (secondary N) is 1. The zero-order valence-corrected chi connectivity index (χ0v) is 17.9. The molecule has 8 heteroatoms. The lowest BCUT2D eigenvalue weighted by Gasteiger charge is -2.32.